The molecule has 1 aromatic rings. The van der Waals surface area contributed by atoms with E-state index in [2.05, 4.69) is 0 Å². The molecule has 1 aliphatic carbocycles. The highest BCUT2D eigenvalue weighted by Gasteiger charge is 2.50. The standard InChI is InChI=1S/C13H15F3N2O2S/c14-13(15,16)21(19,20)11-5-3-10(4-6-11)18-7-12(17,8-18)9-1-2-9/h3-6,9H,1-2,7-8,17H2. The number of halogens is 3. The fourth-order valence-corrected chi connectivity index (χ4v) is 3.49. The maximum atomic E-state index is 12.4. The number of hydrogen-bond acceptors (Lipinski definition) is 4. The summed E-state index contributed by atoms with van der Waals surface area (Å²) >= 11 is 0. The van der Waals surface area contributed by atoms with Crippen LogP contribution >= 0.6 is 0 Å². The quantitative estimate of drug-likeness (QED) is 0.924. The highest BCUT2D eigenvalue weighted by Crippen LogP contribution is 2.44. The van der Waals surface area contributed by atoms with E-state index in [9.17, 15) is 21.6 Å². The molecule has 2 aliphatic rings. The first-order chi connectivity index (χ1) is 9.63. The summed E-state index contributed by atoms with van der Waals surface area (Å²) in [7, 11) is -5.28. The van der Waals surface area contributed by atoms with Crippen molar-refractivity contribution < 1.29 is 21.6 Å². The summed E-state index contributed by atoms with van der Waals surface area (Å²) < 4.78 is 59.8. The zero-order valence-electron chi connectivity index (χ0n) is 11.1. The van der Waals surface area contributed by atoms with E-state index < -0.39 is 20.2 Å². The third kappa shape index (κ3) is 2.40. The Balaban J connectivity index is 1.74. The van der Waals surface area contributed by atoms with Crippen LogP contribution in [0.3, 0.4) is 0 Å². The third-order valence-electron chi connectivity index (χ3n) is 4.18. The minimum absolute atomic E-state index is 0.198. The molecule has 2 fully saturated rings. The van der Waals surface area contributed by atoms with Crippen LogP contribution in [0, 0.1) is 5.92 Å². The second kappa shape index (κ2) is 4.36. The van der Waals surface area contributed by atoms with Crippen molar-refractivity contribution in [2.24, 2.45) is 11.7 Å². The van der Waals surface area contributed by atoms with E-state index in [0.717, 1.165) is 25.0 Å². The number of nitrogens with two attached hydrogens (primary N) is 1. The summed E-state index contributed by atoms with van der Waals surface area (Å²) in [6, 6.07) is 4.77. The summed E-state index contributed by atoms with van der Waals surface area (Å²) in [4.78, 5) is 1.21. The summed E-state index contributed by atoms with van der Waals surface area (Å²) in [5, 5.41) is 0. The normalized spacial score (nSPS) is 22.0. The van der Waals surface area contributed by atoms with E-state index in [4.69, 9.17) is 5.73 Å². The lowest BCUT2D eigenvalue weighted by atomic mass is 9.85. The van der Waals surface area contributed by atoms with Gasteiger partial charge >= 0.3 is 5.51 Å². The smallest absolute Gasteiger partial charge is 0.368 e. The van der Waals surface area contributed by atoms with Gasteiger partial charge in [-0.05, 0) is 43.0 Å². The molecule has 0 radical (unpaired) electrons. The van der Waals surface area contributed by atoms with E-state index in [1.807, 2.05) is 4.90 Å². The number of alkyl halides is 3. The van der Waals surface area contributed by atoms with Gasteiger partial charge in [-0.3, -0.25) is 0 Å². The molecule has 116 valence electrons. The van der Waals surface area contributed by atoms with Gasteiger partial charge in [-0.15, -0.1) is 0 Å². The van der Waals surface area contributed by atoms with Crippen LogP contribution in [0.25, 0.3) is 0 Å². The van der Waals surface area contributed by atoms with Crippen molar-refractivity contribution in [2.75, 3.05) is 18.0 Å². The van der Waals surface area contributed by atoms with Crippen LogP contribution in [0.5, 0.6) is 0 Å². The zero-order valence-corrected chi connectivity index (χ0v) is 11.9. The van der Waals surface area contributed by atoms with Gasteiger partial charge in [0.25, 0.3) is 9.84 Å². The second-order valence-electron chi connectivity index (χ2n) is 5.81. The first kappa shape index (κ1) is 14.6. The van der Waals surface area contributed by atoms with Crippen molar-refractivity contribution in [1.82, 2.24) is 0 Å². The molecule has 4 nitrogen and oxygen atoms in total. The molecule has 0 aromatic heterocycles. The summed E-state index contributed by atoms with van der Waals surface area (Å²) in [5.74, 6) is 0.540. The molecule has 0 atom stereocenters. The molecule has 1 heterocycles. The fourth-order valence-electron chi connectivity index (χ4n) is 2.73. The number of benzene rings is 1. The van der Waals surface area contributed by atoms with Crippen LogP contribution in [0.1, 0.15) is 12.8 Å². The van der Waals surface area contributed by atoms with Gasteiger partial charge in [-0.2, -0.15) is 13.2 Å². The molecular formula is C13H15F3N2O2S. The summed E-state index contributed by atoms with van der Waals surface area (Å²) in [6.45, 7) is 1.31. The molecular weight excluding hydrogens is 305 g/mol. The number of hydrogen-bond donors (Lipinski definition) is 1. The Morgan fingerprint density at radius 1 is 1.14 bits per heavy atom. The van der Waals surface area contributed by atoms with E-state index in [1.165, 1.54) is 12.1 Å². The maximum absolute atomic E-state index is 12.4. The van der Waals surface area contributed by atoms with Crippen LogP contribution in [0.4, 0.5) is 18.9 Å². The van der Waals surface area contributed by atoms with Gasteiger partial charge in [-0.1, -0.05) is 0 Å². The highest BCUT2D eigenvalue weighted by atomic mass is 32.2. The van der Waals surface area contributed by atoms with E-state index in [0.29, 0.717) is 24.7 Å². The van der Waals surface area contributed by atoms with Crippen molar-refractivity contribution in [3.05, 3.63) is 24.3 Å². The number of sulfone groups is 1. The third-order valence-corrected chi connectivity index (χ3v) is 5.68. The van der Waals surface area contributed by atoms with E-state index in [-0.39, 0.29) is 5.54 Å². The average Bonchev–Trinajstić information content (AvgIpc) is 3.18. The lowest BCUT2D eigenvalue weighted by Gasteiger charge is -2.49. The van der Waals surface area contributed by atoms with Crippen LogP contribution in [0.15, 0.2) is 29.2 Å². The SMILES string of the molecule is NC1(C2CC2)CN(c2ccc(S(=O)(=O)C(F)(F)F)cc2)C1. The Morgan fingerprint density at radius 3 is 2.10 bits per heavy atom. The molecule has 1 aliphatic heterocycles. The molecule has 21 heavy (non-hydrogen) atoms. The van der Waals surface area contributed by atoms with E-state index in [1.54, 1.807) is 0 Å². The molecule has 0 amide bonds. The van der Waals surface area contributed by atoms with Gasteiger partial charge in [0.2, 0.25) is 0 Å². The predicted molar refractivity (Wildman–Crippen MR) is 71.5 cm³/mol. The molecule has 1 saturated carbocycles. The van der Waals surface area contributed by atoms with Gasteiger partial charge < -0.3 is 10.6 Å². The van der Waals surface area contributed by atoms with Gasteiger partial charge in [0.05, 0.1) is 10.4 Å². The lowest BCUT2D eigenvalue weighted by molar-refractivity contribution is -0.0436. The Bertz CT molecular complexity index is 645. The molecule has 1 saturated heterocycles. The first-order valence-corrected chi connectivity index (χ1v) is 8.07. The second-order valence-corrected chi connectivity index (χ2v) is 7.75. The molecule has 8 heteroatoms. The Kier molecular flexibility index (Phi) is 3.04. The van der Waals surface area contributed by atoms with Crippen LogP contribution in [-0.4, -0.2) is 32.6 Å². The maximum Gasteiger partial charge on any atom is 0.501 e. The van der Waals surface area contributed by atoms with Gasteiger partial charge in [0, 0.05) is 18.8 Å². The van der Waals surface area contributed by atoms with Crippen molar-refractivity contribution in [3.8, 4) is 0 Å². The Hall–Kier alpha value is -1.28. The summed E-state index contributed by atoms with van der Waals surface area (Å²) in [5.41, 5.74) is 1.43. The first-order valence-electron chi connectivity index (χ1n) is 6.59. The number of nitrogens with zero attached hydrogens (tertiary/aromatic N) is 1. The topological polar surface area (TPSA) is 63.4 Å². The Labute approximate surface area is 120 Å². The van der Waals surface area contributed by atoms with Gasteiger partial charge in [0.1, 0.15) is 0 Å². The molecule has 1 aromatic carbocycles. The monoisotopic (exact) mass is 320 g/mol. The van der Waals surface area contributed by atoms with E-state index >= 15 is 0 Å². The molecule has 0 spiro atoms. The molecule has 0 unspecified atom stereocenters. The number of rotatable bonds is 3. The van der Waals surface area contributed by atoms with Gasteiger partial charge in [0.15, 0.2) is 0 Å². The Morgan fingerprint density at radius 2 is 1.67 bits per heavy atom. The zero-order chi connectivity index (χ0) is 15.5. The lowest BCUT2D eigenvalue weighted by Crippen LogP contribution is -2.69. The highest BCUT2D eigenvalue weighted by molar-refractivity contribution is 7.92. The van der Waals surface area contributed by atoms with Crippen molar-refractivity contribution >= 4 is 15.5 Å². The minimum atomic E-state index is -5.28. The van der Waals surface area contributed by atoms with Crippen LogP contribution in [0.2, 0.25) is 0 Å². The van der Waals surface area contributed by atoms with Crippen LogP contribution < -0.4 is 10.6 Å². The molecule has 2 N–H and O–H groups in total. The predicted octanol–water partition coefficient (Wildman–Crippen LogP) is 1.91. The molecule has 0 bridgehead atoms. The number of anilines is 1. The van der Waals surface area contributed by atoms with Crippen molar-refractivity contribution in [1.29, 1.82) is 0 Å². The van der Waals surface area contributed by atoms with Crippen molar-refractivity contribution in [3.63, 3.8) is 0 Å². The van der Waals surface area contributed by atoms with Gasteiger partial charge in [-0.25, -0.2) is 8.42 Å². The minimum Gasteiger partial charge on any atom is -0.368 e. The average molecular weight is 320 g/mol. The molecule has 3 rings (SSSR count). The van der Waals surface area contributed by atoms with Crippen LogP contribution in [-0.2, 0) is 9.84 Å². The van der Waals surface area contributed by atoms with Crippen molar-refractivity contribution in [2.45, 2.75) is 28.8 Å². The summed E-state index contributed by atoms with van der Waals surface area (Å²) in [6.07, 6.45) is 2.26. The largest absolute Gasteiger partial charge is 0.501 e. The fraction of sp³-hybridized carbons (Fsp3) is 0.538.